The number of nitrogens with zero attached hydrogens (tertiary/aromatic N) is 2. The van der Waals surface area contributed by atoms with Crippen LogP contribution in [0.1, 0.15) is 15.9 Å². The largest absolute Gasteiger partial charge is 0.493 e. The number of nitro benzene ring substituents is 1. The lowest BCUT2D eigenvalue weighted by molar-refractivity contribution is -0.384. The van der Waals surface area contributed by atoms with Gasteiger partial charge in [0.25, 0.3) is 5.69 Å². The molecule has 2 aromatic carbocycles. The van der Waals surface area contributed by atoms with Gasteiger partial charge in [-0.25, -0.2) is 0 Å². The van der Waals surface area contributed by atoms with Gasteiger partial charge in [0.15, 0.2) is 11.5 Å². The summed E-state index contributed by atoms with van der Waals surface area (Å²) >= 11 is 2.03. The van der Waals surface area contributed by atoms with Crippen molar-refractivity contribution >= 4 is 40.1 Å². The molecule has 0 saturated heterocycles. The normalized spacial score (nSPS) is 10.5. The van der Waals surface area contributed by atoms with Gasteiger partial charge in [-0.05, 0) is 46.4 Å². The van der Waals surface area contributed by atoms with Crippen LogP contribution in [0.4, 0.5) is 5.69 Å². The van der Waals surface area contributed by atoms with E-state index in [1.165, 1.54) is 31.4 Å². The quantitative estimate of drug-likeness (QED) is 0.111. The average Bonchev–Trinajstić information content (AvgIpc) is 2.70. The Morgan fingerprint density at radius 1 is 1.39 bits per heavy atom. The highest BCUT2D eigenvalue weighted by Crippen LogP contribution is 2.34. The van der Waals surface area contributed by atoms with E-state index in [4.69, 9.17) is 15.9 Å². The summed E-state index contributed by atoms with van der Waals surface area (Å²) in [5, 5.41) is 20.3. The van der Waals surface area contributed by atoms with E-state index in [0.29, 0.717) is 20.6 Å². The zero-order chi connectivity index (χ0) is 20.7. The number of benzene rings is 2. The maximum Gasteiger partial charge on any atom is 0.270 e. The van der Waals surface area contributed by atoms with Gasteiger partial charge in [0.05, 0.1) is 15.6 Å². The third-order valence-electron chi connectivity index (χ3n) is 3.55. The molecule has 0 saturated carbocycles. The molecule has 0 unspecified atom stereocenters. The Kier molecular flexibility index (Phi) is 7.13. The van der Waals surface area contributed by atoms with Gasteiger partial charge in [-0.3, -0.25) is 14.9 Å². The summed E-state index contributed by atoms with van der Waals surface area (Å²) in [5.74, 6) is 2.61. The molecule has 0 N–H and O–H groups in total. The number of carbonyl (C=O) groups is 1. The van der Waals surface area contributed by atoms with Gasteiger partial charge < -0.3 is 9.47 Å². The van der Waals surface area contributed by atoms with E-state index >= 15 is 0 Å². The first-order chi connectivity index (χ1) is 13.4. The summed E-state index contributed by atoms with van der Waals surface area (Å²) in [6.07, 6.45) is 6.59. The van der Waals surface area contributed by atoms with E-state index in [1.807, 2.05) is 28.7 Å². The molecule has 0 heterocycles. The molecule has 0 fully saturated rings. The molecule has 0 aliphatic heterocycles. The van der Waals surface area contributed by atoms with Crippen molar-refractivity contribution in [2.45, 2.75) is 0 Å². The number of nitro groups is 1. The fraction of sp³-hybridized carbons (Fsp3) is 0.100. The summed E-state index contributed by atoms with van der Waals surface area (Å²) < 4.78 is 11.4. The SMILES string of the molecule is C#CCOc1c(I)cc(/C=C(\C#N)C(=O)c2cccc([N+](=O)[O-])c2)cc1OC. The summed E-state index contributed by atoms with van der Waals surface area (Å²) in [6, 6.07) is 10.4. The van der Waals surface area contributed by atoms with Crippen molar-refractivity contribution in [1.82, 2.24) is 0 Å². The molecule has 2 rings (SSSR count). The maximum absolute atomic E-state index is 12.6. The first-order valence-corrected chi connectivity index (χ1v) is 8.84. The second-order valence-electron chi connectivity index (χ2n) is 5.33. The van der Waals surface area contributed by atoms with Crippen molar-refractivity contribution < 1.29 is 19.2 Å². The lowest BCUT2D eigenvalue weighted by Gasteiger charge is -2.12. The van der Waals surface area contributed by atoms with Crippen LogP contribution in [0.3, 0.4) is 0 Å². The molecule has 0 amide bonds. The van der Waals surface area contributed by atoms with Crippen molar-refractivity contribution in [2.24, 2.45) is 0 Å². The van der Waals surface area contributed by atoms with Crippen LogP contribution in [-0.2, 0) is 0 Å². The molecule has 7 nitrogen and oxygen atoms in total. The van der Waals surface area contributed by atoms with E-state index in [-0.39, 0.29) is 23.4 Å². The molecule has 0 aliphatic carbocycles. The molecule has 2 aromatic rings. The lowest BCUT2D eigenvalue weighted by Crippen LogP contribution is -2.03. The van der Waals surface area contributed by atoms with Crippen LogP contribution < -0.4 is 9.47 Å². The highest BCUT2D eigenvalue weighted by Gasteiger charge is 2.17. The van der Waals surface area contributed by atoms with Crippen LogP contribution in [0.25, 0.3) is 6.08 Å². The highest BCUT2D eigenvalue weighted by molar-refractivity contribution is 14.1. The molecule has 0 bridgehead atoms. The monoisotopic (exact) mass is 488 g/mol. The Hall–Kier alpha value is -3.37. The van der Waals surface area contributed by atoms with E-state index in [0.717, 1.165) is 6.07 Å². The minimum atomic E-state index is -0.618. The molecule has 0 radical (unpaired) electrons. The zero-order valence-corrected chi connectivity index (χ0v) is 16.8. The summed E-state index contributed by atoms with van der Waals surface area (Å²) in [4.78, 5) is 22.9. The number of ether oxygens (including phenoxy) is 2. The Morgan fingerprint density at radius 3 is 2.75 bits per heavy atom. The highest BCUT2D eigenvalue weighted by atomic mass is 127. The Morgan fingerprint density at radius 2 is 2.14 bits per heavy atom. The van der Waals surface area contributed by atoms with Gasteiger partial charge in [-0.1, -0.05) is 18.1 Å². The number of rotatable bonds is 7. The second kappa shape index (κ2) is 9.53. The van der Waals surface area contributed by atoms with Gasteiger partial charge in [-0.2, -0.15) is 5.26 Å². The minimum Gasteiger partial charge on any atom is -0.493 e. The molecule has 8 heteroatoms. The van der Waals surface area contributed by atoms with E-state index in [2.05, 4.69) is 5.92 Å². The Balaban J connectivity index is 2.44. The number of Topliss-reactive ketones (excluding diaryl/α,β-unsaturated/α-hetero) is 1. The van der Waals surface area contributed by atoms with Gasteiger partial charge in [0.2, 0.25) is 5.78 Å². The first-order valence-electron chi connectivity index (χ1n) is 7.76. The fourth-order valence-electron chi connectivity index (χ4n) is 2.31. The predicted molar refractivity (Wildman–Crippen MR) is 111 cm³/mol. The summed E-state index contributed by atoms with van der Waals surface area (Å²) in [6.45, 7) is 0.0657. The fourth-order valence-corrected chi connectivity index (χ4v) is 3.09. The van der Waals surface area contributed by atoms with Gasteiger partial charge in [0, 0.05) is 17.7 Å². The first kappa shape index (κ1) is 20.9. The number of methoxy groups -OCH3 is 1. The smallest absolute Gasteiger partial charge is 0.270 e. The van der Waals surface area contributed by atoms with Crippen molar-refractivity contribution in [3.05, 3.63) is 66.8 Å². The van der Waals surface area contributed by atoms with Crippen LogP contribution in [0.15, 0.2) is 42.0 Å². The predicted octanol–water partition coefficient (Wildman–Crippen LogP) is 4.01. The number of carbonyl (C=O) groups excluding carboxylic acids is 1. The standard InChI is InChI=1S/C20H13IN2O5/c1-3-7-28-20-17(21)9-13(10-18(20)27-2)8-15(12-22)19(24)14-5-4-6-16(11-14)23(25)26/h1,4-6,8-11H,7H2,2H3/b15-8+. The minimum absolute atomic E-state index is 0.0534. The Labute approximate surface area is 174 Å². The average molecular weight is 488 g/mol. The van der Waals surface area contributed by atoms with Crippen molar-refractivity contribution in [3.8, 4) is 29.9 Å². The van der Waals surface area contributed by atoms with Crippen molar-refractivity contribution in [1.29, 1.82) is 5.26 Å². The number of hydrogen-bond donors (Lipinski definition) is 0. The van der Waals surface area contributed by atoms with Crippen molar-refractivity contribution in [2.75, 3.05) is 13.7 Å². The molecule has 0 atom stereocenters. The Bertz CT molecular complexity index is 1050. The maximum atomic E-state index is 12.6. The number of halogens is 1. The zero-order valence-electron chi connectivity index (χ0n) is 14.6. The third kappa shape index (κ3) is 4.87. The van der Waals surface area contributed by atoms with Gasteiger partial charge in [-0.15, -0.1) is 6.42 Å². The number of terminal acetylenes is 1. The summed E-state index contributed by atoms with van der Waals surface area (Å²) in [7, 11) is 1.46. The number of nitriles is 1. The van der Waals surface area contributed by atoms with Crippen molar-refractivity contribution in [3.63, 3.8) is 0 Å². The summed E-state index contributed by atoms with van der Waals surface area (Å²) in [5.41, 5.74) is 0.187. The number of ketones is 1. The number of hydrogen-bond acceptors (Lipinski definition) is 6. The van der Waals surface area contributed by atoms with Crippen LogP contribution in [-0.4, -0.2) is 24.4 Å². The van der Waals surface area contributed by atoms with Crippen LogP contribution in [0.2, 0.25) is 0 Å². The molecular weight excluding hydrogens is 475 g/mol. The third-order valence-corrected chi connectivity index (χ3v) is 4.35. The number of non-ortho nitro benzene ring substituents is 1. The molecule has 0 aliphatic rings. The van der Waals surface area contributed by atoms with Crippen LogP contribution >= 0.6 is 22.6 Å². The van der Waals surface area contributed by atoms with E-state index in [9.17, 15) is 20.2 Å². The van der Waals surface area contributed by atoms with Gasteiger partial charge in [0.1, 0.15) is 18.2 Å². The van der Waals surface area contributed by atoms with Gasteiger partial charge >= 0.3 is 0 Å². The van der Waals surface area contributed by atoms with E-state index in [1.54, 1.807) is 12.1 Å². The second-order valence-corrected chi connectivity index (χ2v) is 6.50. The molecular formula is C20H13IN2O5. The van der Waals surface area contributed by atoms with E-state index < -0.39 is 10.7 Å². The molecule has 140 valence electrons. The lowest BCUT2D eigenvalue weighted by atomic mass is 10.0. The molecule has 28 heavy (non-hydrogen) atoms. The van der Waals surface area contributed by atoms with Crippen LogP contribution in [0, 0.1) is 37.4 Å². The topological polar surface area (TPSA) is 102 Å². The number of allylic oxidation sites excluding steroid dienone is 1. The molecule has 0 spiro atoms. The van der Waals surface area contributed by atoms with Crippen LogP contribution in [0.5, 0.6) is 11.5 Å². The molecule has 0 aromatic heterocycles.